The Morgan fingerprint density at radius 2 is 2.12 bits per heavy atom. The molecule has 0 fully saturated rings. The maximum atomic E-state index is 12.1. The maximum absolute atomic E-state index is 12.1. The monoisotopic (exact) mass is 277 g/mol. The number of nitrogens with one attached hydrogen (secondary N) is 2. The molecule has 0 aliphatic rings. The molecule has 0 aliphatic carbocycles. The van der Waals surface area contributed by atoms with Crippen molar-refractivity contribution in [2.45, 2.75) is 38.6 Å². The van der Waals surface area contributed by atoms with Crippen LogP contribution in [0.3, 0.4) is 0 Å². The SMILES string of the molecule is CCSCC(C)NS(=O)(=O)c1c(C)n[nH]c1C. The van der Waals surface area contributed by atoms with Gasteiger partial charge in [0.05, 0.1) is 11.4 Å². The topological polar surface area (TPSA) is 74.8 Å². The summed E-state index contributed by atoms with van der Waals surface area (Å²) >= 11 is 1.71. The van der Waals surface area contributed by atoms with Gasteiger partial charge in [-0.1, -0.05) is 6.92 Å². The summed E-state index contributed by atoms with van der Waals surface area (Å²) < 4.78 is 26.9. The number of rotatable bonds is 6. The Morgan fingerprint density at radius 1 is 1.47 bits per heavy atom. The lowest BCUT2D eigenvalue weighted by Crippen LogP contribution is -2.34. The largest absolute Gasteiger partial charge is 0.281 e. The molecule has 0 aromatic carbocycles. The van der Waals surface area contributed by atoms with Gasteiger partial charge in [0.15, 0.2) is 0 Å². The van der Waals surface area contributed by atoms with Crippen LogP contribution in [-0.2, 0) is 10.0 Å². The molecule has 1 unspecified atom stereocenters. The van der Waals surface area contributed by atoms with Gasteiger partial charge in [-0.05, 0) is 26.5 Å². The lowest BCUT2D eigenvalue weighted by atomic mass is 10.4. The normalized spacial score (nSPS) is 13.9. The van der Waals surface area contributed by atoms with Gasteiger partial charge in [-0.25, -0.2) is 13.1 Å². The summed E-state index contributed by atoms with van der Waals surface area (Å²) in [5, 5.41) is 6.59. The molecule has 0 radical (unpaired) electrons. The van der Waals surface area contributed by atoms with Crippen molar-refractivity contribution in [1.29, 1.82) is 0 Å². The third kappa shape index (κ3) is 3.72. The minimum absolute atomic E-state index is 0.0846. The highest BCUT2D eigenvalue weighted by molar-refractivity contribution is 7.99. The molecular formula is C10H19N3O2S2. The van der Waals surface area contributed by atoms with E-state index < -0.39 is 10.0 Å². The minimum Gasteiger partial charge on any atom is -0.281 e. The van der Waals surface area contributed by atoms with Crippen molar-refractivity contribution in [1.82, 2.24) is 14.9 Å². The van der Waals surface area contributed by atoms with Gasteiger partial charge in [0.2, 0.25) is 10.0 Å². The van der Waals surface area contributed by atoms with Crippen molar-refractivity contribution in [2.24, 2.45) is 0 Å². The lowest BCUT2D eigenvalue weighted by Gasteiger charge is -2.13. The van der Waals surface area contributed by atoms with E-state index in [0.717, 1.165) is 11.5 Å². The number of aromatic amines is 1. The molecule has 1 aromatic heterocycles. The number of hydrogen-bond acceptors (Lipinski definition) is 4. The molecular weight excluding hydrogens is 258 g/mol. The first-order valence-corrected chi connectivity index (χ1v) is 8.14. The van der Waals surface area contributed by atoms with Gasteiger partial charge in [0.25, 0.3) is 0 Å². The first kappa shape index (κ1) is 14.5. The zero-order valence-electron chi connectivity index (χ0n) is 10.6. The second kappa shape index (κ2) is 5.88. The predicted octanol–water partition coefficient (Wildman–Crippen LogP) is 1.45. The van der Waals surface area contributed by atoms with Gasteiger partial charge in [-0.2, -0.15) is 16.9 Å². The molecule has 0 saturated carbocycles. The van der Waals surface area contributed by atoms with E-state index in [0.29, 0.717) is 11.4 Å². The summed E-state index contributed by atoms with van der Waals surface area (Å²) in [6.07, 6.45) is 0. The third-order valence-corrected chi connectivity index (χ3v) is 5.25. The molecule has 1 atom stereocenters. The van der Waals surface area contributed by atoms with Gasteiger partial charge >= 0.3 is 0 Å². The fourth-order valence-electron chi connectivity index (χ4n) is 1.59. The standard InChI is InChI=1S/C10H19N3O2S2/c1-5-16-6-7(2)13-17(14,15)10-8(3)11-12-9(10)4/h7,13H,5-6H2,1-4H3,(H,11,12). The van der Waals surface area contributed by atoms with Crippen LogP contribution in [-0.4, -0.2) is 36.2 Å². The maximum Gasteiger partial charge on any atom is 0.244 e. The number of H-pyrrole nitrogens is 1. The molecule has 0 aliphatic heterocycles. The number of thioether (sulfide) groups is 1. The fraction of sp³-hybridized carbons (Fsp3) is 0.700. The van der Waals surface area contributed by atoms with Crippen LogP contribution in [0.25, 0.3) is 0 Å². The molecule has 0 amide bonds. The highest BCUT2D eigenvalue weighted by Gasteiger charge is 2.23. The van der Waals surface area contributed by atoms with Crippen LogP contribution < -0.4 is 4.72 Å². The third-order valence-electron chi connectivity index (χ3n) is 2.26. The van der Waals surface area contributed by atoms with Crippen LogP contribution >= 0.6 is 11.8 Å². The van der Waals surface area contributed by atoms with Crippen molar-refractivity contribution in [2.75, 3.05) is 11.5 Å². The van der Waals surface area contributed by atoms with Crippen LogP contribution in [0, 0.1) is 13.8 Å². The van der Waals surface area contributed by atoms with Gasteiger partial charge < -0.3 is 0 Å². The Morgan fingerprint density at radius 3 is 2.59 bits per heavy atom. The Hall–Kier alpha value is -0.530. The summed E-state index contributed by atoms with van der Waals surface area (Å²) in [7, 11) is -3.47. The molecule has 7 heteroatoms. The van der Waals surface area contributed by atoms with E-state index in [9.17, 15) is 8.42 Å². The van der Waals surface area contributed by atoms with Crippen LogP contribution in [0.4, 0.5) is 0 Å². The molecule has 0 saturated heterocycles. The smallest absolute Gasteiger partial charge is 0.244 e. The van der Waals surface area contributed by atoms with Crippen molar-refractivity contribution < 1.29 is 8.42 Å². The van der Waals surface area contributed by atoms with E-state index in [1.807, 2.05) is 6.92 Å². The molecule has 1 heterocycles. The molecule has 0 spiro atoms. The summed E-state index contributed by atoms with van der Waals surface area (Å²) in [5.74, 6) is 1.75. The van der Waals surface area contributed by atoms with Gasteiger partial charge in [0, 0.05) is 11.8 Å². The number of hydrogen-bond donors (Lipinski definition) is 2. The number of aromatic nitrogens is 2. The van der Waals surface area contributed by atoms with Crippen molar-refractivity contribution in [3.63, 3.8) is 0 Å². The molecule has 1 aromatic rings. The predicted molar refractivity (Wildman–Crippen MR) is 70.8 cm³/mol. The Labute approximate surface area is 107 Å². The molecule has 17 heavy (non-hydrogen) atoms. The van der Waals surface area contributed by atoms with Crippen LogP contribution in [0.1, 0.15) is 25.2 Å². The average molecular weight is 277 g/mol. The Balaban J connectivity index is 2.83. The number of aryl methyl sites for hydroxylation is 2. The molecule has 5 nitrogen and oxygen atoms in total. The second-order valence-electron chi connectivity index (χ2n) is 3.94. The molecule has 0 bridgehead atoms. The zero-order valence-corrected chi connectivity index (χ0v) is 12.2. The minimum atomic E-state index is -3.47. The van der Waals surface area contributed by atoms with Crippen molar-refractivity contribution in [3.05, 3.63) is 11.4 Å². The second-order valence-corrected chi connectivity index (χ2v) is 6.91. The number of sulfonamides is 1. The average Bonchev–Trinajstić information content (AvgIpc) is 2.55. The molecule has 2 N–H and O–H groups in total. The van der Waals surface area contributed by atoms with E-state index in [-0.39, 0.29) is 10.9 Å². The van der Waals surface area contributed by atoms with Crippen LogP contribution in [0.5, 0.6) is 0 Å². The first-order valence-electron chi connectivity index (χ1n) is 5.50. The van der Waals surface area contributed by atoms with Gasteiger partial charge in [-0.15, -0.1) is 0 Å². The van der Waals surface area contributed by atoms with Crippen molar-refractivity contribution >= 4 is 21.8 Å². The van der Waals surface area contributed by atoms with Gasteiger partial charge in [0.1, 0.15) is 4.90 Å². The molecule has 98 valence electrons. The van der Waals surface area contributed by atoms with Crippen LogP contribution in [0.15, 0.2) is 4.90 Å². The van der Waals surface area contributed by atoms with Gasteiger partial charge in [-0.3, -0.25) is 5.10 Å². The molecule has 1 rings (SSSR count). The summed E-state index contributed by atoms with van der Waals surface area (Å²) in [4.78, 5) is 0.269. The first-order chi connectivity index (χ1) is 7.88. The summed E-state index contributed by atoms with van der Waals surface area (Å²) in [5.41, 5.74) is 1.08. The van der Waals surface area contributed by atoms with Crippen LogP contribution in [0.2, 0.25) is 0 Å². The quantitative estimate of drug-likeness (QED) is 0.825. The zero-order chi connectivity index (χ0) is 13.1. The lowest BCUT2D eigenvalue weighted by molar-refractivity contribution is 0.570. The summed E-state index contributed by atoms with van der Waals surface area (Å²) in [6.45, 7) is 7.31. The van der Waals surface area contributed by atoms with E-state index in [1.165, 1.54) is 0 Å². The highest BCUT2D eigenvalue weighted by atomic mass is 32.2. The number of nitrogens with zero attached hydrogens (tertiary/aromatic N) is 1. The summed E-state index contributed by atoms with van der Waals surface area (Å²) in [6, 6.07) is -0.0846. The highest BCUT2D eigenvalue weighted by Crippen LogP contribution is 2.17. The van der Waals surface area contributed by atoms with Crippen molar-refractivity contribution in [3.8, 4) is 0 Å². The van der Waals surface area contributed by atoms with E-state index in [1.54, 1.807) is 25.6 Å². The van der Waals surface area contributed by atoms with E-state index >= 15 is 0 Å². The Kier molecular flexibility index (Phi) is 5.03. The van der Waals surface area contributed by atoms with E-state index in [2.05, 4.69) is 21.8 Å². The van der Waals surface area contributed by atoms with E-state index in [4.69, 9.17) is 0 Å². The fourth-order valence-corrected chi connectivity index (χ4v) is 3.98. The Bertz CT molecular complexity index is 448.